The van der Waals surface area contributed by atoms with Crippen LogP contribution in [0.1, 0.15) is 30.1 Å². The minimum absolute atomic E-state index is 0.0735. The zero-order chi connectivity index (χ0) is 14.2. The van der Waals surface area contributed by atoms with E-state index >= 15 is 0 Å². The van der Waals surface area contributed by atoms with Crippen molar-refractivity contribution in [2.45, 2.75) is 30.7 Å². The van der Waals surface area contributed by atoms with Gasteiger partial charge in [0.1, 0.15) is 0 Å². The summed E-state index contributed by atoms with van der Waals surface area (Å²) in [6, 6.07) is 3.95. The molecule has 1 amide bonds. The molecule has 3 N–H and O–H groups in total. The Hall–Kier alpha value is -1.11. The number of nitrogens with two attached hydrogens (primary N) is 1. The van der Waals surface area contributed by atoms with Gasteiger partial charge < -0.3 is 5.32 Å². The van der Waals surface area contributed by atoms with E-state index in [0.29, 0.717) is 5.92 Å². The number of carbonyl (C=O) groups is 1. The van der Waals surface area contributed by atoms with E-state index in [9.17, 15) is 13.2 Å². The Morgan fingerprint density at radius 3 is 2.58 bits per heavy atom. The summed E-state index contributed by atoms with van der Waals surface area (Å²) in [4.78, 5) is 11.9. The van der Waals surface area contributed by atoms with E-state index < -0.39 is 10.0 Å². The number of amides is 1. The van der Waals surface area contributed by atoms with Crippen molar-refractivity contribution in [2.24, 2.45) is 11.1 Å². The second-order valence-electron chi connectivity index (χ2n) is 4.82. The van der Waals surface area contributed by atoms with E-state index in [1.807, 2.05) is 6.92 Å². The predicted molar refractivity (Wildman–Crippen MR) is 72.5 cm³/mol. The number of benzene rings is 1. The van der Waals surface area contributed by atoms with E-state index in [4.69, 9.17) is 16.7 Å². The van der Waals surface area contributed by atoms with Gasteiger partial charge in [-0.25, -0.2) is 13.6 Å². The number of rotatable bonds is 4. The van der Waals surface area contributed by atoms with E-state index in [1.165, 1.54) is 18.2 Å². The first-order chi connectivity index (χ1) is 8.77. The third kappa shape index (κ3) is 3.68. The summed E-state index contributed by atoms with van der Waals surface area (Å²) in [5.41, 5.74) is 0.198. The van der Waals surface area contributed by atoms with Gasteiger partial charge in [-0.3, -0.25) is 4.79 Å². The fourth-order valence-electron chi connectivity index (χ4n) is 1.86. The lowest BCUT2D eigenvalue weighted by Gasteiger charge is -2.13. The van der Waals surface area contributed by atoms with Gasteiger partial charge in [0.25, 0.3) is 5.91 Å². The number of halogens is 1. The number of sulfonamides is 1. The van der Waals surface area contributed by atoms with Crippen LogP contribution in [0, 0.1) is 5.92 Å². The maximum atomic E-state index is 12.0. The largest absolute Gasteiger partial charge is 0.349 e. The minimum atomic E-state index is -3.88. The summed E-state index contributed by atoms with van der Waals surface area (Å²) in [6.07, 6.45) is 2.22. The first-order valence-corrected chi connectivity index (χ1v) is 7.84. The molecule has 1 unspecified atom stereocenters. The summed E-state index contributed by atoms with van der Waals surface area (Å²) >= 11 is 5.81. The lowest BCUT2D eigenvalue weighted by atomic mass is 10.1. The average molecular weight is 303 g/mol. The van der Waals surface area contributed by atoms with Crippen LogP contribution in [0.5, 0.6) is 0 Å². The van der Waals surface area contributed by atoms with Crippen molar-refractivity contribution in [3.05, 3.63) is 28.8 Å². The molecule has 7 heteroatoms. The molecular formula is C12H15ClN2O3S. The number of nitrogens with one attached hydrogen (secondary N) is 1. The molecule has 19 heavy (non-hydrogen) atoms. The Morgan fingerprint density at radius 1 is 1.42 bits per heavy atom. The SMILES string of the molecule is CC(NC(=O)c1cc(Cl)cc(S(N)(=O)=O)c1)C1CC1. The van der Waals surface area contributed by atoms with Gasteiger partial charge in [0.05, 0.1) is 4.90 Å². The number of hydrogen-bond acceptors (Lipinski definition) is 3. The second-order valence-corrected chi connectivity index (χ2v) is 6.82. The molecule has 1 aliphatic rings. The Morgan fingerprint density at radius 2 is 2.05 bits per heavy atom. The number of primary sulfonamides is 1. The zero-order valence-corrected chi connectivity index (χ0v) is 12.0. The molecule has 1 fully saturated rings. The van der Waals surface area contributed by atoms with Gasteiger partial charge in [-0.15, -0.1) is 0 Å². The molecule has 1 aromatic rings. The molecule has 1 aromatic carbocycles. The second kappa shape index (κ2) is 5.11. The molecule has 0 heterocycles. The maximum Gasteiger partial charge on any atom is 0.251 e. The summed E-state index contributed by atoms with van der Waals surface area (Å²) in [5, 5.41) is 8.03. The molecule has 0 bridgehead atoms. The molecule has 0 saturated heterocycles. The zero-order valence-electron chi connectivity index (χ0n) is 10.4. The molecule has 1 saturated carbocycles. The monoisotopic (exact) mass is 302 g/mol. The molecular weight excluding hydrogens is 288 g/mol. The van der Waals surface area contributed by atoms with Crippen molar-refractivity contribution in [1.29, 1.82) is 0 Å². The van der Waals surface area contributed by atoms with Crippen molar-refractivity contribution in [1.82, 2.24) is 5.32 Å². The third-order valence-corrected chi connectivity index (χ3v) is 4.26. The minimum Gasteiger partial charge on any atom is -0.349 e. The van der Waals surface area contributed by atoms with Crippen molar-refractivity contribution in [3.8, 4) is 0 Å². The van der Waals surface area contributed by atoms with Crippen LogP contribution in [0.25, 0.3) is 0 Å². The summed E-state index contributed by atoms with van der Waals surface area (Å²) < 4.78 is 22.6. The molecule has 0 spiro atoms. The fourth-order valence-corrected chi connectivity index (χ4v) is 2.74. The van der Waals surface area contributed by atoms with Crippen LogP contribution in [-0.4, -0.2) is 20.4 Å². The summed E-state index contributed by atoms with van der Waals surface area (Å²) in [5.74, 6) is 0.174. The molecule has 104 valence electrons. The smallest absolute Gasteiger partial charge is 0.251 e. The van der Waals surface area contributed by atoms with E-state index in [-0.39, 0.29) is 27.4 Å². The van der Waals surface area contributed by atoms with E-state index in [0.717, 1.165) is 12.8 Å². The van der Waals surface area contributed by atoms with Gasteiger partial charge in [-0.2, -0.15) is 0 Å². The number of carbonyl (C=O) groups excluding carboxylic acids is 1. The highest BCUT2D eigenvalue weighted by molar-refractivity contribution is 7.89. The molecule has 0 aromatic heterocycles. The first-order valence-electron chi connectivity index (χ1n) is 5.91. The standard InChI is InChI=1S/C12H15ClN2O3S/c1-7(8-2-3-8)15-12(16)9-4-10(13)6-11(5-9)19(14,17)18/h4-8H,2-3H2,1H3,(H,15,16)(H2,14,17,18). The molecule has 0 aliphatic heterocycles. The van der Waals surface area contributed by atoms with Gasteiger partial charge in [0.2, 0.25) is 10.0 Å². The molecule has 1 aliphatic carbocycles. The lowest BCUT2D eigenvalue weighted by Crippen LogP contribution is -2.34. The van der Waals surface area contributed by atoms with Crippen LogP contribution < -0.4 is 10.5 Å². The van der Waals surface area contributed by atoms with Crippen LogP contribution in [0.4, 0.5) is 0 Å². The van der Waals surface area contributed by atoms with Crippen LogP contribution in [0.2, 0.25) is 5.02 Å². The quantitative estimate of drug-likeness (QED) is 0.883. The van der Waals surface area contributed by atoms with E-state index in [1.54, 1.807) is 0 Å². The molecule has 0 radical (unpaired) electrons. The Labute approximate surface area is 117 Å². The predicted octanol–water partition coefficient (Wildman–Crippen LogP) is 1.52. The van der Waals surface area contributed by atoms with Gasteiger partial charge in [0.15, 0.2) is 0 Å². The van der Waals surface area contributed by atoms with Crippen LogP contribution in [-0.2, 0) is 10.0 Å². The average Bonchev–Trinajstić information content (AvgIpc) is 3.10. The highest BCUT2D eigenvalue weighted by Crippen LogP contribution is 2.32. The fraction of sp³-hybridized carbons (Fsp3) is 0.417. The Balaban J connectivity index is 2.23. The summed E-state index contributed by atoms with van der Waals surface area (Å²) in [7, 11) is -3.88. The summed E-state index contributed by atoms with van der Waals surface area (Å²) in [6.45, 7) is 1.93. The first kappa shape index (κ1) is 14.3. The molecule has 5 nitrogen and oxygen atoms in total. The molecule has 1 atom stereocenters. The molecule has 2 rings (SSSR count). The van der Waals surface area contributed by atoms with Gasteiger partial charge >= 0.3 is 0 Å². The van der Waals surface area contributed by atoms with Crippen LogP contribution in [0.15, 0.2) is 23.1 Å². The third-order valence-electron chi connectivity index (χ3n) is 3.15. The van der Waals surface area contributed by atoms with Crippen molar-refractivity contribution in [3.63, 3.8) is 0 Å². The number of hydrogen-bond donors (Lipinski definition) is 2. The van der Waals surface area contributed by atoms with Gasteiger partial charge in [-0.1, -0.05) is 11.6 Å². The maximum absolute atomic E-state index is 12.0. The van der Waals surface area contributed by atoms with Gasteiger partial charge in [-0.05, 0) is 43.9 Å². The van der Waals surface area contributed by atoms with Crippen LogP contribution >= 0.6 is 11.6 Å². The van der Waals surface area contributed by atoms with Crippen molar-refractivity contribution >= 4 is 27.5 Å². The normalized spacial score (nSPS) is 17.0. The Kier molecular flexibility index (Phi) is 3.85. The highest BCUT2D eigenvalue weighted by Gasteiger charge is 2.29. The van der Waals surface area contributed by atoms with E-state index in [2.05, 4.69) is 5.32 Å². The Bertz CT molecular complexity index is 611. The highest BCUT2D eigenvalue weighted by atomic mass is 35.5. The van der Waals surface area contributed by atoms with Crippen molar-refractivity contribution < 1.29 is 13.2 Å². The lowest BCUT2D eigenvalue weighted by molar-refractivity contribution is 0.0935. The van der Waals surface area contributed by atoms with Crippen LogP contribution in [0.3, 0.4) is 0 Å². The topological polar surface area (TPSA) is 89.3 Å². The van der Waals surface area contributed by atoms with Crippen molar-refractivity contribution in [2.75, 3.05) is 0 Å². The van der Waals surface area contributed by atoms with Gasteiger partial charge in [0, 0.05) is 16.6 Å².